The van der Waals surface area contributed by atoms with Gasteiger partial charge in [0.2, 0.25) is 0 Å². The van der Waals surface area contributed by atoms with Crippen LogP contribution in [-0.2, 0) is 4.74 Å². The maximum atomic E-state index is 11.7. The first-order valence-electron chi connectivity index (χ1n) is 4.76. The number of benzene rings is 1. The lowest BCUT2D eigenvalue weighted by atomic mass is 10.1. The average molecular weight is 326 g/mol. The largest absolute Gasteiger partial charge is 0.461 e. The zero-order valence-corrected chi connectivity index (χ0v) is 10.8. The van der Waals surface area contributed by atoms with E-state index in [1.54, 1.807) is 6.07 Å². The molecule has 0 aliphatic carbocycles. The van der Waals surface area contributed by atoms with Gasteiger partial charge in [0.15, 0.2) is 0 Å². The van der Waals surface area contributed by atoms with E-state index in [1.807, 2.05) is 28.4 Å². The SMILES string of the molecule is C#CCCOC(=O)c1ccccc1/C=C/I. The fraction of sp³-hybridized carbons (Fsp3) is 0.154. The van der Waals surface area contributed by atoms with Crippen LogP contribution >= 0.6 is 22.6 Å². The minimum Gasteiger partial charge on any atom is -0.461 e. The van der Waals surface area contributed by atoms with Crippen molar-refractivity contribution in [1.29, 1.82) is 0 Å². The Balaban J connectivity index is 2.78. The Morgan fingerprint density at radius 2 is 2.25 bits per heavy atom. The summed E-state index contributed by atoms with van der Waals surface area (Å²) in [5.74, 6) is 2.09. The van der Waals surface area contributed by atoms with Gasteiger partial charge < -0.3 is 4.74 Å². The lowest BCUT2D eigenvalue weighted by Gasteiger charge is -2.05. The molecule has 0 N–H and O–H groups in total. The van der Waals surface area contributed by atoms with Crippen LogP contribution in [0.2, 0.25) is 0 Å². The van der Waals surface area contributed by atoms with Crippen LogP contribution in [0.15, 0.2) is 28.3 Å². The molecule has 0 saturated carbocycles. The molecular weight excluding hydrogens is 315 g/mol. The molecule has 0 radical (unpaired) electrons. The third-order valence-corrected chi connectivity index (χ3v) is 2.26. The van der Waals surface area contributed by atoms with Crippen LogP contribution in [0.3, 0.4) is 0 Å². The maximum absolute atomic E-state index is 11.7. The molecule has 82 valence electrons. The first-order chi connectivity index (χ1) is 7.79. The molecule has 0 aliphatic heterocycles. The number of esters is 1. The first kappa shape index (κ1) is 12.8. The summed E-state index contributed by atoms with van der Waals surface area (Å²) in [4.78, 5) is 11.7. The van der Waals surface area contributed by atoms with Crippen LogP contribution in [-0.4, -0.2) is 12.6 Å². The van der Waals surface area contributed by atoms with Gasteiger partial charge in [0, 0.05) is 6.42 Å². The minimum absolute atomic E-state index is 0.262. The summed E-state index contributed by atoms with van der Waals surface area (Å²) in [5.41, 5.74) is 1.41. The third-order valence-electron chi connectivity index (χ3n) is 1.90. The topological polar surface area (TPSA) is 26.3 Å². The summed E-state index contributed by atoms with van der Waals surface area (Å²) in [7, 11) is 0. The van der Waals surface area contributed by atoms with Crippen LogP contribution in [0.1, 0.15) is 22.3 Å². The molecule has 0 bridgehead atoms. The molecule has 0 amide bonds. The van der Waals surface area contributed by atoms with E-state index >= 15 is 0 Å². The molecule has 0 atom stereocenters. The van der Waals surface area contributed by atoms with Gasteiger partial charge in [-0.3, -0.25) is 0 Å². The van der Waals surface area contributed by atoms with Crippen molar-refractivity contribution in [3.05, 3.63) is 39.5 Å². The number of hydrogen-bond donors (Lipinski definition) is 0. The van der Waals surface area contributed by atoms with Crippen molar-refractivity contribution in [1.82, 2.24) is 0 Å². The summed E-state index contributed by atoms with van der Waals surface area (Å²) in [6.45, 7) is 0.262. The van der Waals surface area contributed by atoms with Gasteiger partial charge in [-0.15, -0.1) is 12.3 Å². The Labute approximate surface area is 109 Å². The van der Waals surface area contributed by atoms with Gasteiger partial charge >= 0.3 is 5.97 Å². The lowest BCUT2D eigenvalue weighted by Crippen LogP contribution is -2.07. The van der Waals surface area contributed by atoms with Crippen LogP contribution in [0, 0.1) is 12.3 Å². The second kappa shape index (κ2) is 7.07. The number of hydrogen-bond acceptors (Lipinski definition) is 2. The van der Waals surface area contributed by atoms with Crippen molar-refractivity contribution in [2.24, 2.45) is 0 Å². The number of rotatable bonds is 4. The van der Waals surface area contributed by atoms with Gasteiger partial charge in [0.05, 0.1) is 5.56 Å². The molecule has 0 fully saturated rings. The Bertz CT molecular complexity index is 430. The molecule has 0 saturated heterocycles. The van der Waals surface area contributed by atoms with Crippen LogP contribution in [0.5, 0.6) is 0 Å². The second-order valence-electron chi connectivity index (χ2n) is 2.97. The molecule has 1 rings (SSSR count). The van der Waals surface area contributed by atoms with Crippen LogP contribution in [0.4, 0.5) is 0 Å². The highest BCUT2D eigenvalue weighted by atomic mass is 127. The van der Waals surface area contributed by atoms with E-state index in [-0.39, 0.29) is 12.6 Å². The number of carbonyl (C=O) groups excluding carboxylic acids is 1. The quantitative estimate of drug-likeness (QED) is 0.367. The van der Waals surface area contributed by atoms with E-state index in [9.17, 15) is 4.79 Å². The van der Waals surface area contributed by atoms with Crippen molar-refractivity contribution in [3.63, 3.8) is 0 Å². The van der Waals surface area contributed by atoms with E-state index < -0.39 is 0 Å². The summed E-state index contributed by atoms with van der Waals surface area (Å²) >= 11 is 2.11. The molecule has 0 unspecified atom stereocenters. The highest BCUT2D eigenvalue weighted by Gasteiger charge is 2.09. The maximum Gasteiger partial charge on any atom is 0.338 e. The molecule has 0 heterocycles. The predicted molar refractivity (Wildman–Crippen MR) is 73.2 cm³/mol. The highest BCUT2D eigenvalue weighted by Crippen LogP contribution is 2.13. The first-order valence-corrected chi connectivity index (χ1v) is 6.00. The molecule has 0 aromatic heterocycles. The van der Waals surface area contributed by atoms with Crippen molar-refractivity contribution < 1.29 is 9.53 Å². The van der Waals surface area contributed by atoms with Crippen molar-refractivity contribution in [2.75, 3.05) is 6.61 Å². The van der Waals surface area contributed by atoms with Gasteiger partial charge in [-0.1, -0.05) is 40.8 Å². The van der Waals surface area contributed by atoms with E-state index in [2.05, 4.69) is 28.5 Å². The molecule has 2 nitrogen and oxygen atoms in total. The number of terminal acetylenes is 1. The Hall–Kier alpha value is -1.28. The summed E-state index contributed by atoms with van der Waals surface area (Å²) < 4.78 is 6.89. The van der Waals surface area contributed by atoms with Crippen molar-refractivity contribution >= 4 is 34.6 Å². The summed E-state index contributed by atoms with van der Waals surface area (Å²) in [6.07, 6.45) is 7.38. The van der Waals surface area contributed by atoms with Gasteiger partial charge in [-0.05, 0) is 21.8 Å². The van der Waals surface area contributed by atoms with E-state index in [4.69, 9.17) is 11.2 Å². The van der Waals surface area contributed by atoms with Gasteiger partial charge in [0.25, 0.3) is 0 Å². The van der Waals surface area contributed by atoms with E-state index in [1.165, 1.54) is 0 Å². The average Bonchev–Trinajstić information content (AvgIpc) is 2.30. The van der Waals surface area contributed by atoms with Gasteiger partial charge in [-0.25, -0.2) is 4.79 Å². The molecular formula is C13H11IO2. The normalized spacial score (nSPS) is 10.0. The smallest absolute Gasteiger partial charge is 0.338 e. The zero-order chi connectivity index (χ0) is 11.8. The number of halogens is 1. The fourth-order valence-corrected chi connectivity index (χ4v) is 1.56. The van der Waals surface area contributed by atoms with Crippen LogP contribution < -0.4 is 0 Å². The Kier molecular flexibility index (Phi) is 5.65. The van der Waals surface area contributed by atoms with Crippen molar-refractivity contribution in [2.45, 2.75) is 6.42 Å². The van der Waals surface area contributed by atoms with Crippen molar-refractivity contribution in [3.8, 4) is 12.3 Å². The minimum atomic E-state index is -0.333. The monoisotopic (exact) mass is 326 g/mol. The third kappa shape index (κ3) is 3.70. The lowest BCUT2D eigenvalue weighted by molar-refractivity contribution is 0.0513. The summed E-state index contributed by atoms with van der Waals surface area (Å²) in [6, 6.07) is 7.30. The zero-order valence-electron chi connectivity index (χ0n) is 8.65. The van der Waals surface area contributed by atoms with Crippen LogP contribution in [0.25, 0.3) is 6.08 Å². The molecule has 0 aliphatic rings. The fourth-order valence-electron chi connectivity index (χ4n) is 1.18. The molecule has 3 heteroatoms. The Morgan fingerprint density at radius 3 is 2.94 bits per heavy atom. The molecule has 1 aromatic rings. The van der Waals surface area contributed by atoms with Gasteiger partial charge in [-0.2, -0.15) is 0 Å². The van der Waals surface area contributed by atoms with Gasteiger partial charge in [0.1, 0.15) is 6.61 Å². The molecule has 1 aromatic carbocycles. The number of carbonyl (C=O) groups is 1. The molecule has 0 spiro atoms. The van der Waals surface area contributed by atoms with E-state index in [0.29, 0.717) is 12.0 Å². The summed E-state index contributed by atoms with van der Waals surface area (Å²) in [5, 5.41) is 0. The second-order valence-corrected chi connectivity index (χ2v) is 3.69. The number of ether oxygens (including phenoxy) is 1. The standard InChI is InChI=1S/C13H11IO2/c1-2-3-10-16-13(15)12-7-5-4-6-11(12)8-9-14/h1,4-9H,3,10H2/b9-8+. The molecule has 16 heavy (non-hydrogen) atoms. The Morgan fingerprint density at radius 1 is 1.50 bits per heavy atom. The van der Waals surface area contributed by atoms with E-state index in [0.717, 1.165) is 5.56 Å². The predicted octanol–water partition coefficient (Wildman–Crippen LogP) is 3.27. The highest BCUT2D eigenvalue weighted by molar-refractivity contribution is 14.1.